The Labute approximate surface area is 157 Å². The third kappa shape index (κ3) is 7.53. The number of ether oxygens (including phenoxy) is 3. The fourth-order valence-corrected chi connectivity index (χ4v) is 3.07. The molecule has 2 rings (SSSR count). The van der Waals surface area contributed by atoms with E-state index in [-0.39, 0.29) is 24.0 Å². The summed E-state index contributed by atoms with van der Waals surface area (Å²) < 4.78 is 16.3. The third-order valence-corrected chi connectivity index (χ3v) is 4.33. The Morgan fingerprint density at radius 2 is 2.17 bits per heavy atom. The van der Waals surface area contributed by atoms with Gasteiger partial charge in [-0.1, -0.05) is 0 Å². The fourth-order valence-electron chi connectivity index (χ4n) is 3.07. The summed E-state index contributed by atoms with van der Waals surface area (Å²) in [6.07, 6.45) is 3.32. The van der Waals surface area contributed by atoms with Gasteiger partial charge in [-0.2, -0.15) is 0 Å². The molecule has 2 unspecified atom stereocenters. The van der Waals surface area contributed by atoms with Crippen LogP contribution in [-0.2, 0) is 14.2 Å². The van der Waals surface area contributed by atoms with E-state index in [1.165, 1.54) is 6.42 Å². The zero-order valence-corrected chi connectivity index (χ0v) is 16.8. The quantitative estimate of drug-likeness (QED) is 0.269. The summed E-state index contributed by atoms with van der Waals surface area (Å²) in [5.74, 6) is 2.23. The third-order valence-electron chi connectivity index (χ3n) is 4.33. The molecule has 0 spiro atoms. The summed E-state index contributed by atoms with van der Waals surface area (Å²) in [6.45, 7) is 7.23. The molecule has 2 saturated heterocycles. The lowest BCUT2D eigenvalue weighted by Gasteiger charge is -2.21. The summed E-state index contributed by atoms with van der Waals surface area (Å²) >= 11 is 0. The van der Waals surface area contributed by atoms with Crippen molar-refractivity contribution < 1.29 is 14.2 Å². The topological polar surface area (TPSA) is 55.3 Å². The van der Waals surface area contributed by atoms with Gasteiger partial charge in [0.25, 0.3) is 0 Å². The van der Waals surface area contributed by atoms with Gasteiger partial charge < -0.3 is 24.4 Å². The van der Waals surface area contributed by atoms with Gasteiger partial charge in [0.15, 0.2) is 5.96 Å². The monoisotopic (exact) mass is 441 g/mol. The van der Waals surface area contributed by atoms with Crippen LogP contribution in [0.25, 0.3) is 0 Å². The van der Waals surface area contributed by atoms with E-state index in [2.05, 4.69) is 15.2 Å². The number of hydrogen-bond donors (Lipinski definition) is 1. The van der Waals surface area contributed by atoms with Crippen molar-refractivity contribution in [3.8, 4) is 0 Å². The largest absolute Gasteiger partial charge is 0.384 e. The number of likely N-dealkylation sites (tertiary alicyclic amines) is 1. The van der Waals surface area contributed by atoms with E-state index in [4.69, 9.17) is 14.2 Å². The van der Waals surface area contributed by atoms with Crippen LogP contribution in [-0.4, -0.2) is 77.7 Å². The summed E-state index contributed by atoms with van der Waals surface area (Å²) in [7, 11) is 3.62. The SMILES string of the molecule is CN=C(NCCCOCC1CCOC1)N1CCC(COC)C1.I. The molecule has 0 aromatic carbocycles. The maximum Gasteiger partial charge on any atom is 0.193 e. The minimum absolute atomic E-state index is 0. The van der Waals surface area contributed by atoms with E-state index >= 15 is 0 Å². The molecule has 2 aliphatic rings. The minimum atomic E-state index is 0. The molecule has 0 aliphatic carbocycles. The standard InChI is InChI=1S/C16H31N3O3.HI/c1-17-16(19-7-4-14(10-19)11-20-2)18-6-3-8-21-12-15-5-9-22-13-15;/h14-15H,3-13H2,1-2H3,(H,17,18);1H. The number of hydrogen-bond acceptors (Lipinski definition) is 4. The van der Waals surface area contributed by atoms with Crippen molar-refractivity contribution >= 4 is 29.9 Å². The molecular weight excluding hydrogens is 409 g/mol. The molecule has 2 aliphatic heterocycles. The molecule has 136 valence electrons. The van der Waals surface area contributed by atoms with E-state index in [0.717, 1.165) is 71.5 Å². The summed E-state index contributed by atoms with van der Waals surface area (Å²) in [6, 6.07) is 0. The maximum absolute atomic E-state index is 5.72. The van der Waals surface area contributed by atoms with Crippen LogP contribution in [0.4, 0.5) is 0 Å². The molecule has 2 heterocycles. The first-order valence-corrected chi connectivity index (χ1v) is 8.43. The minimum Gasteiger partial charge on any atom is -0.384 e. The van der Waals surface area contributed by atoms with Crippen LogP contribution in [0.15, 0.2) is 4.99 Å². The number of nitrogens with zero attached hydrogens (tertiary/aromatic N) is 2. The molecule has 1 N–H and O–H groups in total. The van der Waals surface area contributed by atoms with Crippen LogP contribution in [0.1, 0.15) is 19.3 Å². The molecule has 2 fully saturated rings. The van der Waals surface area contributed by atoms with E-state index < -0.39 is 0 Å². The number of nitrogens with one attached hydrogen (secondary N) is 1. The Kier molecular flexibility index (Phi) is 11.2. The van der Waals surface area contributed by atoms with Gasteiger partial charge in [0.05, 0.1) is 19.8 Å². The van der Waals surface area contributed by atoms with Crippen molar-refractivity contribution in [2.24, 2.45) is 16.8 Å². The molecule has 0 saturated carbocycles. The Balaban J connectivity index is 0.00000264. The fraction of sp³-hybridized carbons (Fsp3) is 0.938. The van der Waals surface area contributed by atoms with Gasteiger partial charge in [-0.15, -0.1) is 24.0 Å². The highest BCUT2D eigenvalue weighted by molar-refractivity contribution is 14.0. The molecule has 7 heteroatoms. The zero-order chi connectivity index (χ0) is 15.6. The van der Waals surface area contributed by atoms with Gasteiger partial charge in [-0.25, -0.2) is 0 Å². The molecule has 0 aromatic rings. The van der Waals surface area contributed by atoms with Crippen molar-refractivity contribution in [2.75, 3.05) is 66.8 Å². The normalized spacial score (nSPS) is 24.8. The van der Waals surface area contributed by atoms with Crippen LogP contribution in [0.5, 0.6) is 0 Å². The molecule has 6 nitrogen and oxygen atoms in total. The lowest BCUT2D eigenvalue weighted by molar-refractivity contribution is 0.0887. The number of methoxy groups -OCH3 is 1. The van der Waals surface area contributed by atoms with Gasteiger partial charge in [0.1, 0.15) is 0 Å². The highest BCUT2D eigenvalue weighted by atomic mass is 127. The molecule has 0 radical (unpaired) electrons. The smallest absolute Gasteiger partial charge is 0.193 e. The van der Waals surface area contributed by atoms with Crippen LogP contribution in [0.3, 0.4) is 0 Å². The predicted molar refractivity (Wildman–Crippen MR) is 103 cm³/mol. The first kappa shape index (κ1) is 20.9. The summed E-state index contributed by atoms with van der Waals surface area (Å²) in [4.78, 5) is 6.70. The van der Waals surface area contributed by atoms with E-state index in [1.807, 2.05) is 7.05 Å². The van der Waals surface area contributed by atoms with Gasteiger partial charge in [-0.3, -0.25) is 4.99 Å². The second kappa shape index (κ2) is 12.3. The Bertz CT molecular complexity index is 339. The zero-order valence-electron chi connectivity index (χ0n) is 14.5. The van der Waals surface area contributed by atoms with Crippen molar-refractivity contribution in [3.63, 3.8) is 0 Å². The highest BCUT2D eigenvalue weighted by Crippen LogP contribution is 2.16. The molecule has 0 aromatic heterocycles. The maximum atomic E-state index is 5.72. The van der Waals surface area contributed by atoms with Crippen molar-refractivity contribution in [3.05, 3.63) is 0 Å². The second-order valence-corrected chi connectivity index (χ2v) is 6.19. The van der Waals surface area contributed by atoms with Gasteiger partial charge >= 0.3 is 0 Å². The number of guanidine groups is 1. The van der Waals surface area contributed by atoms with Crippen molar-refractivity contribution in [1.82, 2.24) is 10.2 Å². The Morgan fingerprint density at radius 3 is 2.87 bits per heavy atom. The van der Waals surface area contributed by atoms with Gasteiger partial charge in [0.2, 0.25) is 0 Å². The molecular formula is C16H32IN3O3. The average molecular weight is 441 g/mol. The van der Waals surface area contributed by atoms with E-state index in [0.29, 0.717) is 11.8 Å². The van der Waals surface area contributed by atoms with Crippen LogP contribution < -0.4 is 5.32 Å². The highest BCUT2D eigenvalue weighted by Gasteiger charge is 2.24. The lowest BCUT2D eigenvalue weighted by atomic mass is 10.1. The van der Waals surface area contributed by atoms with Crippen molar-refractivity contribution in [2.45, 2.75) is 19.3 Å². The van der Waals surface area contributed by atoms with E-state index in [9.17, 15) is 0 Å². The summed E-state index contributed by atoms with van der Waals surface area (Å²) in [5.41, 5.74) is 0. The molecule has 2 atom stereocenters. The Hall–Kier alpha value is -0.120. The number of halogens is 1. The lowest BCUT2D eigenvalue weighted by Crippen LogP contribution is -2.40. The Morgan fingerprint density at radius 1 is 1.30 bits per heavy atom. The molecule has 0 amide bonds. The predicted octanol–water partition coefficient (Wildman–Crippen LogP) is 1.59. The average Bonchev–Trinajstić information content (AvgIpc) is 3.19. The van der Waals surface area contributed by atoms with Crippen molar-refractivity contribution in [1.29, 1.82) is 0 Å². The van der Waals surface area contributed by atoms with Crippen LogP contribution in [0, 0.1) is 11.8 Å². The molecule has 0 bridgehead atoms. The van der Waals surface area contributed by atoms with Crippen LogP contribution >= 0.6 is 24.0 Å². The number of aliphatic imine (C=N–C) groups is 1. The van der Waals surface area contributed by atoms with Gasteiger partial charge in [-0.05, 0) is 19.3 Å². The molecule has 23 heavy (non-hydrogen) atoms. The first-order valence-electron chi connectivity index (χ1n) is 8.43. The van der Waals surface area contributed by atoms with Crippen LogP contribution in [0.2, 0.25) is 0 Å². The first-order chi connectivity index (χ1) is 10.8. The number of rotatable bonds is 8. The van der Waals surface area contributed by atoms with Gasteiger partial charge in [0, 0.05) is 58.8 Å². The second-order valence-electron chi connectivity index (χ2n) is 6.19. The van der Waals surface area contributed by atoms with E-state index in [1.54, 1.807) is 7.11 Å². The summed E-state index contributed by atoms with van der Waals surface area (Å²) in [5, 5.41) is 3.43.